The highest BCUT2D eigenvalue weighted by molar-refractivity contribution is 7.89. The van der Waals surface area contributed by atoms with E-state index in [1.165, 1.54) is 27.6 Å². The molecular weight excluding hydrogens is 408 g/mol. The predicted molar refractivity (Wildman–Crippen MR) is 114 cm³/mol. The molecule has 1 saturated heterocycles. The Labute approximate surface area is 177 Å². The first-order valence-corrected chi connectivity index (χ1v) is 11.8. The van der Waals surface area contributed by atoms with Gasteiger partial charge in [-0.25, -0.2) is 8.42 Å². The molecule has 1 heterocycles. The summed E-state index contributed by atoms with van der Waals surface area (Å²) in [5, 5.41) is 3.08. The molecule has 2 aromatic carbocycles. The summed E-state index contributed by atoms with van der Waals surface area (Å²) < 4.78 is 27.7. The minimum Gasteiger partial charge on any atom is -0.351 e. The summed E-state index contributed by atoms with van der Waals surface area (Å²) in [5.74, 6) is 0.337. The number of nitrogens with zero attached hydrogens (tertiary/aromatic N) is 1. The van der Waals surface area contributed by atoms with E-state index in [4.69, 9.17) is 11.6 Å². The molecule has 1 aliphatic carbocycles. The monoisotopic (exact) mass is 432 g/mol. The number of fused-ring (bicyclic) bond motifs is 1. The maximum absolute atomic E-state index is 13.1. The van der Waals surface area contributed by atoms with Gasteiger partial charge in [-0.2, -0.15) is 4.31 Å². The minimum atomic E-state index is -3.73. The maximum Gasteiger partial charge on any atom is 0.251 e. The number of carbonyl (C=O) groups excluding carboxylic acids is 1. The molecule has 7 heteroatoms. The van der Waals surface area contributed by atoms with Crippen molar-refractivity contribution in [2.45, 2.75) is 37.0 Å². The number of sulfonamides is 1. The van der Waals surface area contributed by atoms with Gasteiger partial charge in [-0.3, -0.25) is 4.79 Å². The van der Waals surface area contributed by atoms with Crippen LogP contribution in [0.2, 0.25) is 5.02 Å². The van der Waals surface area contributed by atoms with Gasteiger partial charge in [0.25, 0.3) is 5.91 Å². The molecular formula is C22H25ClN2O3S. The summed E-state index contributed by atoms with van der Waals surface area (Å²) in [4.78, 5) is 12.7. The van der Waals surface area contributed by atoms with Gasteiger partial charge < -0.3 is 5.32 Å². The van der Waals surface area contributed by atoms with Gasteiger partial charge in [0.2, 0.25) is 10.0 Å². The fourth-order valence-corrected chi connectivity index (χ4v) is 6.31. The molecule has 2 aromatic rings. The van der Waals surface area contributed by atoms with E-state index in [9.17, 15) is 13.2 Å². The summed E-state index contributed by atoms with van der Waals surface area (Å²) in [6.45, 7) is 3.55. The van der Waals surface area contributed by atoms with Crippen molar-refractivity contribution in [1.29, 1.82) is 0 Å². The zero-order valence-electron chi connectivity index (χ0n) is 16.4. The van der Waals surface area contributed by atoms with Crippen LogP contribution in [0.15, 0.2) is 47.4 Å². The first kappa shape index (κ1) is 20.4. The fourth-order valence-electron chi connectivity index (χ4n) is 4.21. The van der Waals surface area contributed by atoms with Gasteiger partial charge in [0.05, 0.1) is 5.02 Å². The van der Waals surface area contributed by atoms with Crippen LogP contribution in [0.3, 0.4) is 0 Å². The highest BCUT2D eigenvalue weighted by Crippen LogP contribution is 2.34. The van der Waals surface area contributed by atoms with E-state index < -0.39 is 10.0 Å². The SMILES string of the molecule is C[C@H]1CCCN(S(=O)(=O)c2cc(C(=O)NC[C@H]3Cc4ccccc43)ccc2Cl)C1. The van der Waals surface area contributed by atoms with Crippen LogP contribution < -0.4 is 5.32 Å². The Morgan fingerprint density at radius 2 is 2.03 bits per heavy atom. The van der Waals surface area contributed by atoms with Crippen LogP contribution in [0, 0.1) is 5.92 Å². The molecule has 5 nitrogen and oxygen atoms in total. The lowest BCUT2D eigenvalue weighted by Gasteiger charge is -2.30. The Kier molecular flexibility index (Phi) is 5.69. The van der Waals surface area contributed by atoms with Crippen molar-refractivity contribution in [3.8, 4) is 0 Å². The van der Waals surface area contributed by atoms with Crippen molar-refractivity contribution >= 4 is 27.5 Å². The second-order valence-corrected chi connectivity index (χ2v) is 10.4. The fraction of sp³-hybridized carbons (Fsp3) is 0.409. The molecule has 0 aromatic heterocycles. The number of nitrogens with one attached hydrogen (secondary N) is 1. The van der Waals surface area contributed by atoms with Gasteiger partial charge in [-0.05, 0) is 54.5 Å². The van der Waals surface area contributed by atoms with Gasteiger partial charge in [0, 0.05) is 31.1 Å². The number of amides is 1. The van der Waals surface area contributed by atoms with Crippen molar-refractivity contribution in [2.24, 2.45) is 5.92 Å². The average Bonchev–Trinajstić information content (AvgIpc) is 2.68. The van der Waals surface area contributed by atoms with Crippen molar-refractivity contribution in [1.82, 2.24) is 9.62 Å². The standard InChI is InChI=1S/C22H25ClN2O3S/c1-15-5-4-10-25(14-15)29(27,28)21-12-17(8-9-20(21)23)22(26)24-13-18-11-16-6-2-3-7-19(16)18/h2-3,6-9,12,15,18H,4-5,10-11,13-14H2,1H3,(H,24,26)/t15-,18+/m0/s1. The second-order valence-electron chi connectivity index (χ2n) is 8.07. The third-order valence-corrected chi connectivity index (χ3v) is 8.25. The quantitative estimate of drug-likeness (QED) is 0.780. The summed E-state index contributed by atoms with van der Waals surface area (Å²) >= 11 is 6.22. The van der Waals surface area contributed by atoms with Gasteiger partial charge in [-0.1, -0.05) is 42.8 Å². The Morgan fingerprint density at radius 1 is 1.24 bits per heavy atom. The summed E-state index contributed by atoms with van der Waals surface area (Å²) in [6, 6.07) is 12.7. The molecule has 1 aliphatic heterocycles. The van der Waals surface area contributed by atoms with E-state index in [2.05, 4.69) is 17.4 Å². The van der Waals surface area contributed by atoms with E-state index >= 15 is 0 Å². The zero-order chi connectivity index (χ0) is 20.6. The molecule has 2 aliphatic rings. The molecule has 0 unspecified atom stereocenters. The molecule has 0 radical (unpaired) electrons. The first-order chi connectivity index (χ1) is 13.9. The Balaban J connectivity index is 1.48. The van der Waals surface area contributed by atoms with Crippen molar-refractivity contribution in [3.05, 3.63) is 64.2 Å². The smallest absolute Gasteiger partial charge is 0.251 e. The Bertz CT molecular complexity index is 1040. The predicted octanol–water partition coefficient (Wildman–Crippen LogP) is 3.83. The van der Waals surface area contributed by atoms with E-state index in [-0.39, 0.29) is 15.8 Å². The Morgan fingerprint density at radius 3 is 2.79 bits per heavy atom. The molecule has 1 fully saturated rings. The van der Waals surface area contributed by atoms with E-state index in [0.29, 0.717) is 37.0 Å². The third kappa shape index (κ3) is 4.06. The van der Waals surface area contributed by atoms with Crippen LogP contribution in [0.4, 0.5) is 0 Å². The van der Waals surface area contributed by atoms with Crippen LogP contribution in [-0.4, -0.2) is 38.3 Å². The third-order valence-electron chi connectivity index (χ3n) is 5.90. The molecule has 4 rings (SSSR count). The summed E-state index contributed by atoms with van der Waals surface area (Å²) in [7, 11) is -3.73. The van der Waals surface area contributed by atoms with Crippen LogP contribution in [-0.2, 0) is 16.4 Å². The Hall–Kier alpha value is -1.89. The van der Waals surface area contributed by atoms with E-state index in [1.807, 2.05) is 19.1 Å². The number of piperidine rings is 1. The summed E-state index contributed by atoms with van der Waals surface area (Å²) in [5.41, 5.74) is 2.90. The lowest BCUT2D eigenvalue weighted by molar-refractivity contribution is 0.0950. The largest absolute Gasteiger partial charge is 0.351 e. The molecule has 1 amide bonds. The van der Waals surface area contributed by atoms with E-state index in [0.717, 1.165) is 19.3 Å². The molecule has 0 spiro atoms. The summed E-state index contributed by atoms with van der Waals surface area (Å²) in [6.07, 6.45) is 2.80. The molecule has 0 bridgehead atoms. The molecule has 2 atom stereocenters. The van der Waals surface area contributed by atoms with Gasteiger partial charge in [0.1, 0.15) is 4.90 Å². The van der Waals surface area contributed by atoms with E-state index in [1.54, 1.807) is 6.07 Å². The number of carbonyl (C=O) groups is 1. The molecule has 154 valence electrons. The molecule has 1 N–H and O–H groups in total. The lowest BCUT2D eigenvalue weighted by Crippen LogP contribution is -2.39. The normalized spacial score (nSPS) is 21.9. The number of rotatable bonds is 5. The van der Waals surface area contributed by atoms with Crippen molar-refractivity contribution in [2.75, 3.05) is 19.6 Å². The van der Waals surface area contributed by atoms with Crippen molar-refractivity contribution in [3.63, 3.8) is 0 Å². The van der Waals surface area contributed by atoms with Gasteiger partial charge in [0.15, 0.2) is 0 Å². The van der Waals surface area contributed by atoms with Crippen LogP contribution in [0.25, 0.3) is 0 Å². The van der Waals surface area contributed by atoms with Crippen molar-refractivity contribution < 1.29 is 13.2 Å². The lowest BCUT2D eigenvalue weighted by atomic mass is 9.77. The van der Waals surface area contributed by atoms with Gasteiger partial charge in [-0.15, -0.1) is 0 Å². The average molecular weight is 433 g/mol. The van der Waals surface area contributed by atoms with Crippen LogP contribution >= 0.6 is 11.6 Å². The highest BCUT2D eigenvalue weighted by Gasteiger charge is 2.31. The van der Waals surface area contributed by atoms with Crippen LogP contribution in [0.5, 0.6) is 0 Å². The van der Waals surface area contributed by atoms with Gasteiger partial charge >= 0.3 is 0 Å². The second kappa shape index (κ2) is 8.09. The minimum absolute atomic E-state index is 0.00917. The number of hydrogen-bond donors (Lipinski definition) is 1. The number of halogens is 1. The first-order valence-electron chi connectivity index (χ1n) is 10.0. The molecule has 29 heavy (non-hydrogen) atoms. The maximum atomic E-state index is 13.1. The number of hydrogen-bond acceptors (Lipinski definition) is 3. The van der Waals surface area contributed by atoms with Crippen LogP contribution in [0.1, 0.15) is 47.2 Å². The topological polar surface area (TPSA) is 66.5 Å². The number of benzene rings is 2. The highest BCUT2D eigenvalue weighted by atomic mass is 35.5. The zero-order valence-corrected chi connectivity index (χ0v) is 18.0. The molecule has 0 saturated carbocycles.